The number of rotatable bonds is 6. The summed E-state index contributed by atoms with van der Waals surface area (Å²) in [5, 5.41) is 9.28. The van der Waals surface area contributed by atoms with Crippen LogP contribution < -0.4 is 0 Å². The normalized spacial score (nSPS) is 17.5. The molecule has 1 aliphatic rings. The summed E-state index contributed by atoms with van der Waals surface area (Å²) in [5.41, 5.74) is 0.515. The van der Waals surface area contributed by atoms with Gasteiger partial charge in [-0.3, -0.25) is 4.79 Å². The first-order valence-electron chi connectivity index (χ1n) is 7.13. The van der Waals surface area contributed by atoms with Crippen molar-refractivity contribution in [1.82, 2.24) is 0 Å². The molecule has 1 aromatic rings. The molecule has 19 heavy (non-hydrogen) atoms. The van der Waals surface area contributed by atoms with E-state index in [0.29, 0.717) is 24.3 Å². The second-order valence-electron chi connectivity index (χ2n) is 5.56. The summed E-state index contributed by atoms with van der Waals surface area (Å²) in [6.45, 7) is 0. The van der Waals surface area contributed by atoms with Crippen LogP contribution in [0.4, 0.5) is 4.39 Å². The van der Waals surface area contributed by atoms with E-state index in [1.165, 1.54) is 31.7 Å². The van der Waals surface area contributed by atoms with Gasteiger partial charge in [-0.2, -0.15) is 0 Å². The van der Waals surface area contributed by atoms with Gasteiger partial charge in [0, 0.05) is 0 Å². The summed E-state index contributed by atoms with van der Waals surface area (Å²) >= 11 is 0. The van der Waals surface area contributed by atoms with Gasteiger partial charge >= 0.3 is 5.97 Å². The quantitative estimate of drug-likeness (QED) is 0.842. The van der Waals surface area contributed by atoms with Gasteiger partial charge in [0.1, 0.15) is 5.82 Å². The van der Waals surface area contributed by atoms with Crippen LogP contribution in [0.5, 0.6) is 0 Å². The molecule has 0 saturated heterocycles. The molecule has 2 rings (SSSR count). The molecule has 3 heteroatoms. The summed E-state index contributed by atoms with van der Waals surface area (Å²) < 4.78 is 13.6. The summed E-state index contributed by atoms with van der Waals surface area (Å²) in [4.78, 5) is 11.3. The van der Waals surface area contributed by atoms with Crippen molar-refractivity contribution in [3.05, 3.63) is 35.6 Å². The Kier molecular flexibility index (Phi) is 4.94. The third kappa shape index (κ3) is 4.05. The third-order valence-electron chi connectivity index (χ3n) is 4.17. The van der Waals surface area contributed by atoms with Gasteiger partial charge in [0.2, 0.25) is 0 Å². The molecule has 0 radical (unpaired) electrons. The van der Waals surface area contributed by atoms with E-state index in [4.69, 9.17) is 0 Å². The number of carboxylic acid groups (broad SMARTS) is 1. The molecule has 1 aromatic carbocycles. The van der Waals surface area contributed by atoms with Crippen LogP contribution in [0.25, 0.3) is 0 Å². The fraction of sp³-hybridized carbons (Fsp3) is 0.562. The minimum Gasteiger partial charge on any atom is -0.481 e. The number of hydrogen-bond acceptors (Lipinski definition) is 1. The third-order valence-corrected chi connectivity index (χ3v) is 4.17. The Bertz CT molecular complexity index is 425. The fourth-order valence-electron chi connectivity index (χ4n) is 2.98. The van der Waals surface area contributed by atoms with Crippen LogP contribution in [0.1, 0.15) is 44.1 Å². The molecule has 1 atom stereocenters. The van der Waals surface area contributed by atoms with Crippen molar-refractivity contribution < 1.29 is 14.3 Å². The lowest BCUT2D eigenvalue weighted by molar-refractivity contribution is -0.142. The minimum atomic E-state index is -0.804. The van der Waals surface area contributed by atoms with Crippen molar-refractivity contribution >= 4 is 5.97 Å². The molecule has 0 aromatic heterocycles. The predicted molar refractivity (Wildman–Crippen MR) is 72.4 cm³/mol. The number of aliphatic carboxylic acids is 1. The Morgan fingerprint density at radius 1 is 1.32 bits per heavy atom. The number of carbonyl (C=O) groups is 1. The van der Waals surface area contributed by atoms with E-state index < -0.39 is 11.9 Å². The SMILES string of the molecule is O=C(O)C(CCC1CCCC1)Cc1ccccc1F. The lowest BCUT2D eigenvalue weighted by atomic mass is 9.90. The predicted octanol–water partition coefficient (Wildman–Crippen LogP) is 4.04. The molecule has 2 nitrogen and oxygen atoms in total. The molecule has 1 fully saturated rings. The van der Waals surface area contributed by atoms with Gasteiger partial charge in [0.05, 0.1) is 5.92 Å². The van der Waals surface area contributed by atoms with E-state index in [9.17, 15) is 14.3 Å². The maximum Gasteiger partial charge on any atom is 0.306 e. The first-order valence-corrected chi connectivity index (χ1v) is 7.13. The summed E-state index contributed by atoms with van der Waals surface area (Å²) in [5.74, 6) is -0.879. The Morgan fingerprint density at radius 3 is 2.63 bits per heavy atom. The van der Waals surface area contributed by atoms with E-state index in [1.807, 2.05) is 0 Å². The summed E-state index contributed by atoms with van der Waals surface area (Å²) in [7, 11) is 0. The standard InChI is InChI=1S/C16H21FO2/c17-15-8-4-3-7-13(15)11-14(16(18)19)10-9-12-5-1-2-6-12/h3-4,7-8,12,14H,1-2,5-6,9-11H2,(H,18,19). The molecule has 1 N–H and O–H groups in total. The number of benzene rings is 1. The molecule has 1 aliphatic carbocycles. The van der Waals surface area contributed by atoms with Crippen LogP contribution in [0, 0.1) is 17.7 Å². The molecule has 0 aliphatic heterocycles. The molecule has 1 unspecified atom stereocenters. The van der Waals surface area contributed by atoms with Crippen LogP contribution in [-0.2, 0) is 11.2 Å². The highest BCUT2D eigenvalue weighted by molar-refractivity contribution is 5.70. The fourth-order valence-corrected chi connectivity index (χ4v) is 2.98. The zero-order chi connectivity index (χ0) is 13.7. The van der Waals surface area contributed by atoms with Crippen molar-refractivity contribution in [3.63, 3.8) is 0 Å². The van der Waals surface area contributed by atoms with E-state index in [2.05, 4.69) is 0 Å². The van der Waals surface area contributed by atoms with Crippen LogP contribution >= 0.6 is 0 Å². The number of halogens is 1. The van der Waals surface area contributed by atoms with Gasteiger partial charge in [0.25, 0.3) is 0 Å². The van der Waals surface area contributed by atoms with Gasteiger partial charge in [-0.1, -0.05) is 43.9 Å². The van der Waals surface area contributed by atoms with E-state index >= 15 is 0 Å². The van der Waals surface area contributed by atoms with Crippen LogP contribution in [0.2, 0.25) is 0 Å². The van der Waals surface area contributed by atoms with Gasteiger partial charge < -0.3 is 5.11 Å². The van der Waals surface area contributed by atoms with Gasteiger partial charge in [-0.15, -0.1) is 0 Å². The molecular formula is C16H21FO2. The average Bonchev–Trinajstić information content (AvgIpc) is 2.89. The maximum absolute atomic E-state index is 13.6. The lowest BCUT2D eigenvalue weighted by Crippen LogP contribution is -2.18. The lowest BCUT2D eigenvalue weighted by Gasteiger charge is -2.15. The maximum atomic E-state index is 13.6. The van der Waals surface area contributed by atoms with Crippen LogP contribution in [0.3, 0.4) is 0 Å². The van der Waals surface area contributed by atoms with Gasteiger partial charge in [-0.25, -0.2) is 4.39 Å². The molecule has 0 bridgehead atoms. The molecule has 0 heterocycles. The average molecular weight is 264 g/mol. The van der Waals surface area contributed by atoms with Crippen molar-refractivity contribution in [1.29, 1.82) is 0 Å². The molecular weight excluding hydrogens is 243 g/mol. The van der Waals surface area contributed by atoms with Crippen molar-refractivity contribution in [2.24, 2.45) is 11.8 Å². The molecule has 0 spiro atoms. The first kappa shape index (κ1) is 14.0. The Labute approximate surface area is 113 Å². The number of carboxylic acids is 1. The van der Waals surface area contributed by atoms with E-state index in [-0.39, 0.29) is 5.82 Å². The summed E-state index contributed by atoms with van der Waals surface area (Å²) in [6, 6.07) is 6.47. The van der Waals surface area contributed by atoms with Crippen LogP contribution in [-0.4, -0.2) is 11.1 Å². The smallest absolute Gasteiger partial charge is 0.306 e. The van der Waals surface area contributed by atoms with Crippen molar-refractivity contribution in [2.45, 2.75) is 44.9 Å². The highest BCUT2D eigenvalue weighted by Crippen LogP contribution is 2.30. The monoisotopic (exact) mass is 264 g/mol. The zero-order valence-corrected chi connectivity index (χ0v) is 11.1. The molecule has 0 amide bonds. The minimum absolute atomic E-state index is 0.297. The highest BCUT2D eigenvalue weighted by Gasteiger charge is 2.22. The van der Waals surface area contributed by atoms with E-state index in [1.54, 1.807) is 18.2 Å². The Morgan fingerprint density at radius 2 is 2.00 bits per heavy atom. The highest BCUT2D eigenvalue weighted by atomic mass is 19.1. The second-order valence-corrected chi connectivity index (χ2v) is 5.56. The second kappa shape index (κ2) is 6.69. The Balaban J connectivity index is 1.92. The topological polar surface area (TPSA) is 37.3 Å². The largest absolute Gasteiger partial charge is 0.481 e. The first-order chi connectivity index (χ1) is 9.16. The molecule has 104 valence electrons. The van der Waals surface area contributed by atoms with Crippen molar-refractivity contribution in [3.8, 4) is 0 Å². The van der Waals surface area contributed by atoms with Crippen molar-refractivity contribution in [2.75, 3.05) is 0 Å². The molecule has 1 saturated carbocycles. The van der Waals surface area contributed by atoms with Crippen LogP contribution in [0.15, 0.2) is 24.3 Å². The van der Waals surface area contributed by atoms with E-state index in [0.717, 1.165) is 6.42 Å². The van der Waals surface area contributed by atoms with Gasteiger partial charge in [0.15, 0.2) is 0 Å². The van der Waals surface area contributed by atoms with Gasteiger partial charge in [-0.05, 0) is 36.8 Å². The zero-order valence-electron chi connectivity index (χ0n) is 11.1. The summed E-state index contributed by atoms with van der Waals surface area (Å²) in [6.07, 6.45) is 6.93. The number of hydrogen-bond donors (Lipinski definition) is 1. The Hall–Kier alpha value is -1.38.